The Bertz CT molecular complexity index is 910. The van der Waals surface area contributed by atoms with Crippen LogP contribution in [0.15, 0.2) is 30.3 Å². The van der Waals surface area contributed by atoms with Crippen LogP contribution in [-0.4, -0.2) is 25.5 Å². The van der Waals surface area contributed by atoms with E-state index in [1.54, 1.807) is 31.0 Å². The van der Waals surface area contributed by atoms with Crippen LogP contribution in [-0.2, 0) is 9.59 Å². The van der Waals surface area contributed by atoms with Crippen molar-refractivity contribution in [1.29, 1.82) is 0 Å². The number of anilines is 2. The second-order valence-electron chi connectivity index (χ2n) is 6.41. The monoisotopic (exact) mass is 340 g/mol. The average Bonchev–Trinajstić information content (AvgIpc) is 2.59. The number of likely N-dealkylation sites (N-methyl/N-ethyl adjacent to an activating group) is 1. The van der Waals surface area contributed by atoms with Crippen molar-refractivity contribution in [3.8, 4) is 5.75 Å². The number of hydrogen-bond donors (Lipinski definition) is 1. The molecule has 1 unspecified atom stereocenters. The molecule has 2 aromatic carbocycles. The highest BCUT2D eigenvalue weighted by atomic mass is 19.1. The van der Waals surface area contributed by atoms with Gasteiger partial charge in [-0.25, -0.2) is 4.39 Å². The first kappa shape index (κ1) is 15.6. The van der Waals surface area contributed by atoms with Crippen LogP contribution in [0, 0.1) is 12.7 Å². The van der Waals surface area contributed by atoms with Gasteiger partial charge in [0, 0.05) is 31.1 Å². The number of halogens is 1. The molecule has 0 fully saturated rings. The second-order valence-corrected chi connectivity index (χ2v) is 6.41. The lowest BCUT2D eigenvalue weighted by Gasteiger charge is -2.32. The van der Waals surface area contributed by atoms with Crippen LogP contribution in [0.4, 0.5) is 15.8 Å². The van der Waals surface area contributed by atoms with Gasteiger partial charge >= 0.3 is 0 Å². The first-order valence-corrected chi connectivity index (χ1v) is 8.08. The van der Waals surface area contributed by atoms with Gasteiger partial charge in [0.05, 0.1) is 5.69 Å². The van der Waals surface area contributed by atoms with Crippen LogP contribution in [0.2, 0.25) is 0 Å². The number of nitrogens with one attached hydrogen (secondary N) is 1. The maximum Gasteiger partial charge on any atom is 0.264 e. The summed E-state index contributed by atoms with van der Waals surface area (Å²) in [5, 5.41) is 2.85. The van der Waals surface area contributed by atoms with Crippen LogP contribution in [0.3, 0.4) is 0 Å². The van der Waals surface area contributed by atoms with Crippen LogP contribution in [0.25, 0.3) is 0 Å². The molecule has 2 heterocycles. The molecular weight excluding hydrogens is 323 g/mol. The number of amides is 2. The number of carbonyl (C=O) groups excluding carboxylic acids is 2. The van der Waals surface area contributed by atoms with Crippen molar-refractivity contribution in [3.63, 3.8) is 0 Å². The number of hydrogen-bond acceptors (Lipinski definition) is 3. The number of rotatable bonds is 1. The summed E-state index contributed by atoms with van der Waals surface area (Å²) in [5.74, 6) is -0.265. The van der Waals surface area contributed by atoms with E-state index in [1.807, 2.05) is 12.1 Å². The van der Waals surface area contributed by atoms with E-state index in [0.29, 0.717) is 22.7 Å². The van der Waals surface area contributed by atoms with E-state index in [1.165, 1.54) is 6.07 Å². The third-order valence-electron chi connectivity index (χ3n) is 4.94. The highest BCUT2D eigenvalue weighted by molar-refractivity contribution is 6.00. The minimum Gasteiger partial charge on any atom is -0.481 e. The van der Waals surface area contributed by atoms with E-state index in [9.17, 15) is 14.0 Å². The summed E-state index contributed by atoms with van der Waals surface area (Å²) in [6.45, 7) is 1.69. The summed E-state index contributed by atoms with van der Waals surface area (Å²) in [6, 6.07) is 8.51. The van der Waals surface area contributed by atoms with Crippen LogP contribution >= 0.6 is 0 Å². The van der Waals surface area contributed by atoms with Crippen molar-refractivity contribution < 1.29 is 18.7 Å². The largest absolute Gasteiger partial charge is 0.481 e. The molecule has 0 saturated carbocycles. The van der Waals surface area contributed by atoms with Gasteiger partial charge in [-0.3, -0.25) is 9.59 Å². The van der Waals surface area contributed by atoms with Crippen molar-refractivity contribution >= 4 is 23.2 Å². The molecule has 0 aromatic heterocycles. The Morgan fingerprint density at radius 3 is 2.84 bits per heavy atom. The molecule has 2 aliphatic rings. The summed E-state index contributed by atoms with van der Waals surface area (Å²) in [7, 11) is 1.69. The van der Waals surface area contributed by atoms with Gasteiger partial charge < -0.3 is 15.0 Å². The van der Waals surface area contributed by atoms with Gasteiger partial charge in [0.1, 0.15) is 11.6 Å². The van der Waals surface area contributed by atoms with Crippen LogP contribution in [0.1, 0.15) is 29.0 Å². The number of carbonyl (C=O) groups is 2. The predicted octanol–water partition coefficient (Wildman–Crippen LogP) is 2.96. The Labute approximate surface area is 144 Å². The van der Waals surface area contributed by atoms with Gasteiger partial charge in [0.25, 0.3) is 5.91 Å². The maximum absolute atomic E-state index is 14.0. The summed E-state index contributed by atoms with van der Waals surface area (Å²) in [5.41, 5.74) is 3.47. The molecule has 1 N–H and O–H groups in total. The standard InChI is InChI=1S/C19H17FN2O3/c1-10-11(4-3-5-14(10)20)12-7-18(23)21-15-8-17-16(6-13(12)15)22(2)19(24)9-25-17/h3-6,8,12H,7,9H2,1-2H3,(H,21,23). The Balaban J connectivity index is 1.89. The fourth-order valence-electron chi connectivity index (χ4n) is 3.51. The zero-order valence-electron chi connectivity index (χ0n) is 13.9. The Morgan fingerprint density at radius 2 is 2.04 bits per heavy atom. The zero-order valence-corrected chi connectivity index (χ0v) is 13.9. The Hall–Kier alpha value is -2.89. The third-order valence-corrected chi connectivity index (χ3v) is 4.94. The molecule has 2 amide bonds. The summed E-state index contributed by atoms with van der Waals surface area (Å²) >= 11 is 0. The normalized spacial score (nSPS) is 19.0. The SMILES string of the molecule is Cc1c(F)cccc1C1CC(=O)Nc2cc3c(cc21)N(C)C(=O)CO3. The van der Waals surface area contributed by atoms with Gasteiger partial charge in [-0.1, -0.05) is 12.1 Å². The lowest BCUT2D eigenvalue weighted by molar-refractivity contribution is -0.121. The molecule has 1 atom stereocenters. The zero-order chi connectivity index (χ0) is 17.7. The molecule has 128 valence electrons. The topological polar surface area (TPSA) is 58.6 Å². The lowest BCUT2D eigenvalue weighted by atomic mass is 9.82. The van der Waals surface area contributed by atoms with E-state index in [2.05, 4.69) is 5.32 Å². The number of fused-ring (bicyclic) bond motifs is 2. The first-order chi connectivity index (χ1) is 12.0. The highest BCUT2D eigenvalue weighted by Crippen LogP contribution is 2.44. The molecule has 5 nitrogen and oxygen atoms in total. The smallest absolute Gasteiger partial charge is 0.264 e. The molecule has 4 rings (SSSR count). The van der Waals surface area contributed by atoms with Gasteiger partial charge in [-0.2, -0.15) is 0 Å². The third kappa shape index (κ3) is 2.45. The van der Waals surface area contributed by atoms with Crippen molar-refractivity contribution in [1.82, 2.24) is 0 Å². The summed E-state index contributed by atoms with van der Waals surface area (Å²) < 4.78 is 19.5. The molecule has 0 aliphatic carbocycles. The van der Waals surface area contributed by atoms with Crippen molar-refractivity contribution in [2.75, 3.05) is 23.9 Å². The highest BCUT2D eigenvalue weighted by Gasteiger charge is 2.32. The van der Waals surface area contributed by atoms with Crippen molar-refractivity contribution in [2.24, 2.45) is 0 Å². The molecular formula is C19H17FN2O3. The Kier molecular flexibility index (Phi) is 3.49. The van der Waals surface area contributed by atoms with E-state index in [0.717, 1.165) is 11.1 Å². The predicted molar refractivity (Wildman–Crippen MR) is 91.6 cm³/mol. The first-order valence-electron chi connectivity index (χ1n) is 8.08. The number of nitrogens with zero attached hydrogens (tertiary/aromatic N) is 1. The fourth-order valence-corrected chi connectivity index (χ4v) is 3.51. The van der Waals surface area contributed by atoms with E-state index >= 15 is 0 Å². The summed E-state index contributed by atoms with van der Waals surface area (Å²) in [4.78, 5) is 25.6. The van der Waals surface area contributed by atoms with E-state index in [-0.39, 0.29) is 36.6 Å². The minimum absolute atomic E-state index is 0.0251. The molecule has 0 spiro atoms. The quantitative estimate of drug-likeness (QED) is 0.868. The van der Waals surface area contributed by atoms with Gasteiger partial charge in [-0.05, 0) is 35.7 Å². The molecule has 2 aliphatic heterocycles. The minimum atomic E-state index is -0.293. The molecule has 2 aromatic rings. The van der Waals surface area contributed by atoms with Gasteiger partial charge in [-0.15, -0.1) is 0 Å². The van der Waals surface area contributed by atoms with Gasteiger partial charge in [0.2, 0.25) is 5.91 Å². The fraction of sp³-hybridized carbons (Fsp3) is 0.263. The van der Waals surface area contributed by atoms with E-state index < -0.39 is 0 Å². The molecule has 25 heavy (non-hydrogen) atoms. The molecule has 6 heteroatoms. The van der Waals surface area contributed by atoms with Gasteiger partial charge in [0.15, 0.2) is 6.61 Å². The average molecular weight is 340 g/mol. The van der Waals surface area contributed by atoms with Crippen molar-refractivity contribution in [3.05, 3.63) is 52.8 Å². The maximum atomic E-state index is 14.0. The lowest BCUT2D eigenvalue weighted by Crippen LogP contribution is -2.36. The van der Waals surface area contributed by atoms with E-state index in [4.69, 9.17) is 4.74 Å². The Morgan fingerprint density at radius 1 is 1.24 bits per heavy atom. The summed E-state index contributed by atoms with van der Waals surface area (Å²) in [6.07, 6.45) is 0.231. The number of benzene rings is 2. The van der Waals surface area contributed by atoms with Crippen LogP contribution in [0.5, 0.6) is 5.75 Å². The van der Waals surface area contributed by atoms with Crippen LogP contribution < -0.4 is 15.0 Å². The molecule has 0 radical (unpaired) electrons. The van der Waals surface area contributed by atoms with Crippen molar-refractivity contribution in [2.45, 2.75) is 19.3 Å². The molecule has 0 bridgehead atoms. The second kappa shape index (κ2) is 5.58. The molecule has 0 saturated heterocycles. The number of ether oxygens (including phenoxy) is 1.